The molecular weight excluding hydrogens is 228 g/mol. The van der Waals surface area contributed by atoms with E-state index in [1.165, 1.54) is 28.1 Å². The molecule has 1 saturated carbocycles. The van der Waals surface area contributed by atoms with Crippen molar-refractivity contribution in [2.75, 3.05) is 6.54 Å². The van der Waals surface area contributed by atoms with Crippen LogP contribution in [0.2, 0.25) is 0 Å². The van der Waals surface area contributed by atoms with Gasteiger partial charge in [0.2, 0.25) is 0 Å². The van der Waals surface area contributed by atoms with Gasteiger partial charge in [0.05, 0.1) is 15.2 Å². The molecule has 0 spiro atoms. The first-order valence-corrected chi connectivity index (χ1v) is 7.07. The van der Waals surface area contributed by atoms with E-state index in [4.69, 9.17) is 10.7 Å². The van der Waals surface area contributed by atoms with Crippen molar-refractivity contribution in [3.8, 4) is 0 Å². The lowest BCUT2D eigenvalue weighted by atomic mass is 9.96. The summed E-state index contributed by atoms with van der Waals surface area (Å²) in [7, 11) is 0. The number of benzene rings is 1. The molecule has 2 N–H and O–H groups in total. The third-order valence-corrected chi connectivity index (χ3v) is 5.09. The summed E-state index contributed by atoms with van der Waals surface area (Å²) in [5, 5.41) is 1.23. The Bertz CT molecular complexity index is 552. The maximum atomic E-state index is 5.88. The lowest BCUT2D eigenvalue weighted by Crippen LogP contribution is -2.19. The van der Waals surface area contributed by atoms with Crippen molar-refractivity contribution in [2.45, 2.75) is 38.0 Å². The fraction of sp³-hybridized carbons (Fsp3) is 0.500. The molecule has 3 rings (SSSR count). The predicted octanol–water partition coefficient (Wildman–Crippen LogP) is 3.41. The fourth-order valence-electron chi connectivity index (χ4n) is 2.28. The van der Waals surface area contributed by atoms with E-state index in [2.05, 4.69) is 32.0 Å². The molecule has 90 valence electrons. The van der Waals surface area contributed by atoms with Gasteiger partial charge in [-0.25, -0.2) is 4.98 Å². The number of fused-ring (bicyclic) bond motifs is 1. The van der Waals surface area contributed by atoms with Crippen molar-refractivity contribution in [1.82, 2.24) is 4.98 Å². The van der Waals surface area contributed by atoms with Crippen LogP contribution in [0.25, 0.3) is 10.2 Å². The molecule has 1 aliphatic carbocycles. The van der Waals surface area contributed by atoms with E-state index in [-0.39, 0.29) is 5.41 Å². The Balaban J connectivity index is 2.07. The zero-order valence-corrected chi connectivity index (χ0v) is 11.2. The summed E-state index contributed by atoms with van der Waals surface area (Å²) >= 11 is 1.81. The maximum absolute atomic E-state index is 5.88. The largest absolute Gasteiger partial charge is 0.330 e. The van der Waals surface area contributed by atoms with E-state index < -0.39 is 0 Å². The highest BCUT2D eigenvalue weighted by molar-refractivity contribution is 7.18. The molecule has 0 saturated heterocycles. The van der Waals surface area contributed by atoms with Crippen LogP contribution in [0.3, 0.4) is 0 Å². The number of thiazole rings is 1. The smallest absolute Gasteiger partial charge is 0.0963 e. The average molecular weight is 246 g/mol. The van der Waals surface area contributed by atoms with Crippen LogP contribution in [-0.4, -0.2) is 11.5 Å². The molecule has 0 bridgehead atoms. The Morgan fingerprint density at radius 1 is 1.41 bits per heavy atom. The summed E-state index contributed by atoms with van der Waals surface area (Å²) in [4.78, 5) is 4.73. The first-order valence-electron chi connectivity index (χ1n) is 6.26. The van der Waals surface area contributed by atoms with Gasteiger partial charge in [0.25, 0.3) is 0 Å². The van der Waals surface area contributed by atoms with Crippen LogP contribution in [0.1, 0.15) is 43.2 Å². The molecule has 2 aromatic rings. The zero-order chi connectivity index (χ0) is 12.0. The minimum atomic E-state index is 0.274. The molecule has 3 heteroatoms. The second-order valence-electron chi connectivity index (χ2n) is 5.37. The van der Waals surface area contributed by atoms with Gasteiger partial charge in [0.1, 0.15) is 0 Å². The number of aromatic nitrogens is 1. The molecule has 0 unspecified atom stereocenters. The summed E-state index contributed by atoms with van der Waals surface area (Å²) in [5.74, 6) is 0.514. The quantitative estimate of drug-likeness (QED) is 0.901. The SMILES string of the molecule is CC(C)c1nc2cc(C3(CN)CC3)ccc2s1. The normalized spacial score (nSPS) is 17.9. The van der Waals surface area contributed by atoms with Crippen LogP contribution in [0.4, 0.5) is 0 Å². The molecule has 17 heavy (non-hydrogen) atoms. The molecule has 1 heterocycles. The van der Waals surface area contributed by atoms with E-state index in [1.54, 1.807) is 0 Å². The summed E-state index contributed by atoms with van der Waals surface area (Å²) in [5.41, 5.74) is 8.69. The number of rotatable bonds is 3. The number of nitrogens with two attached hydrogens (primary N) is 1. The van der Waals surface area contributed by atoms with Gasteiger partial charge in [-0.3, -0.25) is 0 Å². The van der Waals surface area contributed by atoms with Crippen LogP contribution in [0.15, 0.2) is 18.2 Å². The Morgan fingerprint density at radius 2 is 2.18 bits per heavy atom. The Labute approximate surface area is 106 Å². The van der Waals surface area contributed by atoms with Crippen molar-refractivity contribution in [3.63, 3.8) is 0 Å². The van der Waals surface area contributed by atoms with Crippen LogP contribution in [0, 0.1) is 0 Å². The zero-order valence-electron chi connectivity index (χ0n) is 10.4. The van der Waals surface area contributed by atoms with Gasteiger partial charge < -0.3 is 5.73 Å². The molecule has 1 aliphatic rings. The van der Waals surface area contributed by atoms with Crippen LogP contribution < -0.4 is 5.73 Å². The van der Waals surface area contributed by atoms with Gasteiger partial charge in [-0.05, 0) is 30.5 Å². The lowest BCUT2D eigenvalue weighted by Gasteiger charge is -2.11. The molecule has 0 aliphatic heterocycles. The number of nitrogens with zero attached hydrogens (tertiary/aromatic N) is 1. The van der Waals surface area contributed by atoms with Crippen molar-refractivity contribution in [3.05, 3.63) is 28.8 Å². The highest BCUT2D eigenvalue weighted by Crippen LogP contribution is 2.48. The number of hydrogen-bond donors (Lipinski definition) is 1. The molecule has 1 fully saturated rings. The number of hydrogen-bond acceptors (Lipinski definition) is 3. The monoisotopic (exact) mass is 246 g/mol. The molecular formula is C14H18N2S. The van der Waals surface area contributed by atoms with E-state index in [0.29, 0.717) is 5.92 Å². The van der Waals surface area contributed by atoms with Crippen molar-refractivity contribution in [1.29, 1.82) is 0 Å². The van der Waals surface area contributed by atoms with Gasteiger partial charge in [-0.2, -0.15) is 0 Å². The minimum Gasteiger partial charge on any atom is -0.330 e. The summed E-state index contributed by atoms with van der Waals surface area (Å²) in [6, 6.07) is 6.70. The van der Waals surface area contributed by atoms with Crippen molar-refractivity contribution >= 4 is 21.6 Å². The van der Waals surface area contributed by atoms with Crippen LogP contribution in [0.5, 0.6) is 0 Å². The van der Waals surface area contributed by atoms with E-state index in [9.17, 15) is 0 Å². The average Bonchev–Trinajstić information content (AvgIpc) is 3.00. The highest BCUT2D eigenvalue weighted by Gasteiger charge is 2.42. The van der Waals surface area contributed by atoms with Gasteiger partial charge >= 0.3 is 0 Å². The minimum absolute atomic E-state index is 0.274. The fourth-order valence-corrected chi connectivity index (χ4v) is 3.23. The third kappa shape index (κ3) is 1.78. The van der Waals surface area contributed by atoms with Crippen molar-refractivity contribution in [2.24, 2.45) is 5.73 Å². The Kier molecular flexibility index (Phi) is 2.49. The van der Waals surface area contributed by atoms with Gasteiger partial charge in [-0.1, -0.05) is 19.9 Å². The van der Waals surface area contributed by atoms with E-state index in [1.807, 2.05) is 11.3 Å². The van der Waals surface area contributed by atoms with Crippen LogP contribution in [-0.2, 0) is 5.41 Å². The Hall–Kier alpha value is -0.930. The van der Waals surface area contributed by atoms with Crippen LogP contribution >= 0.6 is 11.3 Å². The first-order chi connectivity index (χ1) is 8.14. The van der Waals surface area contributed by atoms with E-state index in [0.717, 1.165) is 12.1 Å². The van der Waals surface area contributed by atoms with Gasteiger partial charge in [-0.15, -0.1) is 11.3 Å². The summed E-state index contributed by atoms with van der Waals surface area (Å²) in [6.45, 7) is 5.15. The lowest BCUT2D eigenvalue weighted by molar-refractivity contribution is 0.705. The van der Waals surface area contributed by atoms with E-state index >= 15 is 0 Å². The highest BCUT2D eigenvalue weighted by atomic mass is 32.1. The van der Waals surface area contributed by atoms with Gasteiger partial charge in [0.15, 0.2) is 0 Å². The first kappa shape index (κ1) is 11.2. The maximum Gasteiger partial charge on any atom is 0.0963 e. The second-order valence-corrected chi connectivity index (χ2v) is 6.44. The van der Waals surface area contributed by atoms with Gasteiger partial charge in [0, 0.05) is 17.9 Å². The standard InChI is InChI=1S/C14H18N2S/c1-9(2)13-16-11-7-10(3-4-12(11)17-13)14(8-15)5-6-14/h3-4,7,9H,5-6,8,15H2,1-2H3. The molecule has 0 atom stereocenters. The summed E-state index contributed by atoms with van der Waals surface area (Å²) < 4.78 is 1.30. The topological polar surface area (TPSA) is 38.9 Å². The molecule has 1 aromatic heterocycles. The molecule has 1 aromatic carbocycles. The molecule has 2 nitrogen and oxygen atoms in total. The predicted molar refractivity (Wildman–Crippen MR) is 73.7 cm³/mol. The second kappa shape index (κ2) is 3.79. The molecule has 0 amide bonds. The molecule has 0 radical (unpaired) electrons. The summed E-state index contributed by atoms with van der Waals surface area (Å²) in [6.07, 6.45) is 2.46. The van der Waals surface area contributed by atoms with Crippen molar-refractivity contribution < 1.29 is 0 Å². The Morgan fingerprint density at radius 3 is 2.76 bits per heavy atom. The third-order valence-electron chi connectivity index (χ3n) is 3.75.